The van der Waals surface area contributed by atoms with E-state index in [1.54, 1.807) is 0 Å². The topological polar surface area (TPSA) is 72.3 Å². The van der Waals surface area contributed by atoms with Gasteiger partial charge in [-0.15, -0.1) is 10.2 Å². The number of amides is 1. The van der Waals surface area contributed by atoms with Gasteiger partial charge in [0.2, 0.25) is 11.9 Å². The molecule has 1 amide bonds. The Labute approximate surface area is 177 Å². The van der Waals surface area contributed by atoms with Crippen LogP contribution in [0, 0.1) is 5.92 Å². The van der Waals surface area contributed by atoms with Gasteiger partial charge in [-0.2, -0.15) is 0 Å². The second-order valence-electron chi connectivity index (χ2n) is 7.86. The molecule has 1 N–H and O–H groups in total. The Hall–Kier alpha value is -2.06. The number of anilines is 1. The smallest absolute Gasteiger partial charge is 0.230 e. The molecule has 0 aliphatic carbocycles. The molecule has 0 radical (unpaired) electrons. The summed E-state index contributed by atoms with van der Waals surface area (Å²) in [6.07, 6.45) is 1.07. The molecule has 1 aliphatic rings. The van der Waals surface area contributed by atoms with Gasteiger partial charge in [-0.05, 0) is 30.4 Å². The van der Waals surface area contributed by atoms with Gasteiger partial charge < -0.3 is 15.0 Å². The molecule has 1 fully saturated rings. The van der Waals surface area contributed by atoms with Gasteiger partial charge >= 0.3 is 0 Å². The minimum atomic E-state index is -0.0281. The summed E-state index contributed by atoms with van der Waals surface area (Å²) >= 11 is 1.41. The maximum Gasteiger partial charge on any atom is 0.230 e. The van der Waals surface area contributed by atoms with Crippen LogP contribution in [0.2, 0.25) is 0 Å². The zero-order valence-electron chi connectivity index (χ0n) is 17.7. The van der Waals surface area contributed by atoms with Gasteiger partial charge in [-0.1, -0.05) is 49.9 Å². The maximum atomic E-state index is 12.4. The van der Waals surface area contributed by atoms with Crippen molar-refractivity contribution in [1.82, 2.24) is 20.1 Å². The predicted molar refractivity (Wildman–Crippen MR) is 116 cm³/mol. The maximum absolute atomic E-state index is 12.4. The van der Waals surface area contributed by atoms with Crippen LogP contribution in [0.4, 0.5) is 5.95 Å². The van der Waals surface area contributed by atoms with Crippen LogP contribution >= 0.6 is 11.8 Å². The standard InChI is InChI=1S/C21H31N5O2S/c1-15(2)13-17-5-7-18(8-6-17)16(3)22-19(27)14-29-21-24-23-20(25(21)4)26-9-11-28-12-10-26/h5-8,15-16H,9-14H2,1-4H3,(H,22,27). The monoisotopic (exact) mass is 417 g/mol. The van der Waals surface area contributed by atoms with Crippen molar-refractivity contribution in [1.29, 1.82) is 0 Å². The lowest BCUT2D eigenvalue weighted by Gasteiger charge is -2.27. The second kappa shape index (κ2) is 10.1. The van der Waals surface area contributed by atoms with Gasteiger partial charge in [-0.3, -0.25) is 9.36 Å². The van der Waals surface area contributed by atoms with Crippen molar-refractivity contribution in [3.05, 3.63) is 35.4 Å². The Morgan fingerprint density at radius 3 is 2.52 bits per heavy atom. The molecule has 29 heavy (non-hydrogen) atoms. The number of aromatic nitrogens is 3. The fourth-order valence-corrected chi connectivity index (χ4v) is 4.10. The molecule has 1 aromatic heterocycles. The molecule has 8 heteroatoms. The lowest BCUT2D eigenvalue weighted by molar-refractivity contribution is -0.119. The minimum absolute atomic E-state index is 0.00956. The molecule has 7 nitrogen and oxygen atoms in total. The lowest BCUT2D eigenvalue weighted by Crippen LogP contribution is -2.37. The van der Waals surface area contributed by atoms with Gasteiger partial charge in [0, 0.05) is 20.1 Å². The van der Waals surface area contributed by atoms with Gasteiger partial charge in [0.25, 0.3) is 0 Å². The van der Waals surface area contributed by atoms with E-state index in [9.17, 15) is 4.79 Å². The molecule has 3 rings (SSSR count). The highest BCUT2D eigenvalue weighted by Gasteiger charge is 2.19. The van der Waals surface area contributed by atoms with Crippen molar-refractivity contribution in [2.75, 3.05) is 37.0 Å². The summed E-state index contributed by atoms with van der Waals surface area (Å²) in [5.41, 5.74) is 2.44. The first-order valence-electron chi connectivity index (χ1n) is 10.2. The van der Waals surface area contributed by atoms with Gasteiger partial charge in [0.05, 0.1) is 25.0 Å². The summed E-state index contributed by atoms with van der Waals surface area (Å²) in [5.74, 6) is 1.76. The molecule has 0 bridgehead atoms. The zero-order valence-corrected chi connectivity index (χ0v) is 18.5. The third-order valence-corrected chi connectivity index (χ3v) is 5.96. The quantitative estimate of drug-likeness (QED) is 0.666. The number of nitrogens with one attached hydrogen (secondary N) is 1. The van der Waals surface area contributed by atoms with Crippen molar-refractivity contribution in [2.24, 2.45) is 13.0 Å². The van der Waals surface area contributed by atoms with Crippen LogP contribution in [0.1, 0.15) is 37.9 Å². The molecule has 158 valence electrons. The molecule has 1 aromatic carbocycles. The van der Waals surface area contributed by atoms with Gasteiger partial charge in [0.1, 0.15) is 0 Å². The lowest BCUT2D eigenvalue weighted by atomic mass is 10.00. The summed E-state index contributed by atoms with van der Waals surface area (Å²) in [4.78, 5) is 14.6. The molecule has 0 saturated carbocycles. The second-order valence-corrected chi connectivity index (χ2v) is 8.80. The third-order valence-electron chi connectivity index (χ3n) is 4.94. The van der Waals surface area contributed by atoms with E-state index in [1.165, 1.54) is 17.3 Å². The number of rotatable bonds is 8. The Morgan fingerprint density at radius 2 is 1.86 bits per heavy atom. The highest BCUT2D eigenvalue weighted by molar-refractivity contribution is 7.99. The van der Waals surface area contributed by atoms with Gasteiger partial charge in [-0.25, -0.2) is 0 Å². The number of hydrogen-bond acceptors (Lipinski definition) is 6. The summed E-state index contributed by atoms with van der Waals surface area (Å²) in [7, 11) is 1.94. The normalized spacial score (nSPS) is 15.6. The van der Waals surface area contributed by atoms with Crippen molar-refractivity contribution in [2.45, 2.75) is 38.4 Å². The number of benzene rings is 1. The van der Waals surface area contributed by atoms with E-state index in [4.69, 9.17) is 4.74 Å². The number of thioether (sulfide) groups is 1. The average Bonchev–Trinajstić information content (AvgIpc) is 3.07. The van der Waals surface area contributed by atoms with E-state index in [1.807, 2.05) is 18.5 Å². The van der Waals surface area contributed by atoms with Crippen molar-refractivity contribution >= 4 is 23.6 Å². The van der Waals surface area contributed by atoms with E-state index < -0.39 is 0 Å². The van der Waals surface area contributed by atoms with Crippen LogP contribution in [0.15, 0.2) is 29.4 Å². The van der Waals surface area contributed by atoms with E-state index >= 15 is 0 Å². The molecular formula is C21H31N5O2S. The molecule has 2 aromatic rings. The Bertz CT molecular complexity index is 800. The first-order chi connectivity index (χ1) is 13.9. The number of ether oxygens (including phenoxy) is 1. The summed E-state index contributed by atoms with van der Waals surface area (Å²) in [6, 6.07) is 8.48. The van der Waals surface area contributed by atoms with Gasteiger partial charge in [0.15, 0.2) is 5.16 Å². The molecule has 0 spiro atoms. The fraction of sp³-hybridized carbons (Fsp3) is 0.571. The van der Waals surface area contributed by atoms with E-state index in [0.29, 0.717) is 24.9 Å². The molecule has 1 unspecified atom stereocenters. The van der Waals surface area contributed by atoms with E-state index in [-0.39, 0.29) is 11.9 Å². The zero-order chi connectivity index (χ0) is 20.8. The largest absolute Gasteiger partial charge is 0.378 e. The third kappa shape index (κ3) is 5.96. The Morgan fingerprint density at radius 1 is 1.17 bits per heavy atom. The highest BCUT2D eigenvalue weighted by Crippen LogP contribution is 2.21. The van der Waals surface area contributed by atoms with Crippen LogP contribution in [-0.2, 0) is 23.0 Å². The van der Waals surface area contributed by atoms with Crippen molar-refractivity contribution in [3.8, 4) is 0 Å². The Balaban J connectivity index is 1.50. The number of carbonyl (C=O) groups excluding carboxylic acids is 1. The SMILES string of the molecule is CC(C)Cc1ccc(C(C)NC(=O)CSc2nnc(N3CCOCC3)n2C)cc1. The first-order valence-corrected chi connectivity index (χ1v) is 11.2. The Kier molecular flexibility index (Phi) is 7.55. The van der Waals surface area contributed by atoms with E-state index in [0.717, 1.165) is 36.2 Å². The van der Waals surface area contributed by atoms with Crippen molar-refractivity contribution < 1.29 is 9.53 Å². The fourth-order valence-electron chi connectivity index (χ4n) is 3.38. The number of hydrogen-bond donors (Lipinski definition) is 1. The predicted octanol–water partition coefficient (Wildman–Crippen LogP) is 2.82. The van der Waals surface area contributed by atoms with E-state index in [2.05, 4.69) is 58.5 Å². The summed E-state index contributed by atoms with van der Waals surface area (Å²) in [6.45, 7) is 9.47. The molecule has 2 heterocycles. The van der Waals surface area contributed by atoms with Crippen LogP contribution < -0.4 is 10.2 Å². The minimum Gasteiger partial charge on any atom is -0.378 e. The molecule has 1 atom stereocenters. The molecule has 1 aliphatic heterocycles. The van der Waals surface area contributed by atoms with Crippen LogP contribution in [0.3, 0.4) is 0 Å². The number of morpholine rings is 1. The molecule has 1 saturated heterocycles. The van der Waals surface area contributed by atoms with Crippen molar-refractivity contribution in [3.63, 3.8) is 0 Å². The molecular weight excluding hydrogens is 386 g/mol. The van der Waals surface area contributed by atoms with Crippen LogP contribution in [0.5, 0.6) is 0 Å². The van der Waals surface area contributed by atoms with Crippen LogP contribution in [-0.4, -0.2) is 52.7 Å². The van der Waals surface area contributed by atoms with Crippen LogP contribution in [0.25, 0.3) is 0 Å². The first kappa shape index (κ1) is 21.6. The highest BCUT2D eigenvalue weighted by atomic mass is 32.2. The summed E-state index contributed by atoms with van der Waals surface area (Å²) in [5, 5.41) is 12.3. The summed E-state index contributed by atoms with van der Waals surface area (Å²) < 4.78 is 7.33. The number of carbonyl (C=O) groups is 1. The number of nitrogens with zero attached hydrogens (tertiary/aromatic N) is 4. The average molecular weight is 418 g/mol.